The van der Waals surface area contributed by atoms with Crippen molar-refractivity contribution in [3.63, 3.8) is 0 Å². The third-order valence-electron chi connectivity index (χ3n) is 13.1. The van der Waals surface area contributed by atoms with Gasteiger partial charge in [-0.25, -0.2) is 0 Å². The molecular weight excluding hydrogens is 829 g/mol. The first kappa shape index (κ1) is 64.6. The van der Waals surface area contributed by atoms with E-state index in [1.54, 1.807) is 0 Å². The number of carbonyl (C=O) groups excluding carboxylic acids is 3. The Hall–Kier alpha value is -2.37. The van der Waals surface area contributed by atoms with E-state index in [9.17, 15) is 14.4 Å². The van der Waals surface area contributed by atoms with Crippen molar-refractivity contribution in [2.24, 2.45) is 0 Å². The summed E-state index contributed by atoms with van der Waals surface area (Å²) in [5.74, 6) is -0.882. The molecule has 0 bridgehead atoms. The molecule has 6 heteroatoms. The van der Waals surface area contributed by atoms with Gasteiger partial charge in [0.2, 0.25) is 0 Å². The Kier molecular flexibility index (Phi) is 54.2. The number of carbonyl (C=O) groups is 3. The van der Waals surface area contributed by atoms with Crippen molar-refractivity contribution in [1.82, 2.24) is 0 Å². The number of hydrogen-bond acceptors (Lipinski definition) is 6. The van der Waals surface area contributed by atoms with Gasteiger partial charge < -0.3 is 14.2 Å². The maximum Gasteiger partial charge on any atom is 0.306 e. The molecule has 67 heavy (non-hydrogen) atoms. The minimum absolute atomic E-state index is 0.0764. The number of ether oxygens (including phenoxy) is 3. The zero-order chi connectivity index (χ0) is 48.6. The van der Waals surface area contributed by atoms with E-state index in [2.05, 4.69) is 57.2 Å². The van der Waals surface area contributed by atoms with Gasteiger partial charge in [0.15, 0.2) is 6.10 Å². The fourth-order valence-corrected chi connectivity index (χ4v) is 8.65. The molecule has 0 aliphatic carbocycles. The standard InChI is InChI=1S/C61H112O6/c1-4-7-10-13-16-19-22-25-27-29-30-31-32-34-36-39-42-45-48-51-54-60(63)66-57-58(56-65-59(62)53-50-47-44-41-38-35-24-21-18-15-12-9-6-3)67-61(64)55-52-49-46-43-40-37-33-28-26-23-20-17-14-11-8-5-2/h12,15,21,24,28,33,58H,4-11,13-14,16-20,22-23,25-27,29-32,34-57H2,1-3H3/b15-12-,24-21-,33-28-. The molecule has 0 radical (unpaired) electrons. The molecule has 0 aromatic rings. The Labute approximate surface area is 416 Å². The van der Waals surface area contributed by atoms with Gasteiger partial charge in [-0.2, -0.15) is 0 Å². The van der Waals surface area contributed by atoms with Crippen molar-refractivity contribution < 1.29 is 28.6 Å². The molecule has 1 atom stereocenters. The summed E-state index contributed by atoms with van der Waals surface area (Å²) in [4.78, 5) is 38.1. The summed E-state index contributed by atoms with van der Waals surface area (Å²) in [7, 11) is 0. The summed E-state index contributed by atoms with van der Waals surface area (Å²) in [5.41, 5.74) is 0. The molecule has 1 unspecified atom stereocenters. The Morgan fingerprint density at radius 1 is 0.299 bits per heavy atom. The Balaban J connectivity index is 4.31. The number of allylic oxidation sites excluding steroid dienone is 6. The summed E-state index contributed by atoms with van der Waals surface area (Å²) >= 11 is 0. The molecule has 0 heterocycles. The summed E-state index contributed by atoms with van der Waals surface area (Å²) in [6, 6.07) is 0. The fraction of sp³-hybridized carbons (Fsp3) is 0.852. The van der Waals surface area contributed by atoms with Gasteiger partial charge in [0, 0.05) is 19.3 Å². The Morgan fingerprint density at radius 2 is 0.567 bits per heavy atom. The lowest BCUT2D eigenvalue weighted by atomic mass is 10.0. The highest BCUT2D eigenvalue weighted by Crippen LogP contribution is 2.17. The molecule has 0 amide bonds. The molecule has 0 aliphatic heterocycles. The van der Waals surface area contributed by atoms with Crippen molar-refractivity contribution >= 4 is 17.9 Å². The van der Waals surface area contributed by atoms with Gasteiger partial charge in [0.1, 0.15) is 13.2 Å². The highest BCUT2D eigenvalue weighted by atomic mass is 16.6. The molecule has 0 rings (SSSR count). The molecule has 0 spiro atoms. The van der Waals surface area contributed by atoms with Gasteiger partial charge >= 0.3 is 17.9 Å². The lowest BCUT2D eigenvalue weighted by molar-refractivity contribution is -0.167. The number of unbranched alkanes of at least 4 members (excludes halogenated alkanes) is 37. The molecule has 0 saturated carbocycles. The van der Waals surface area contributed by atoms with Gasteiger partial charge in [0.25, 0.3) is 0 Å². The molecular formula is C61H112O6. The summed E-state index contributed by atoms with van der Waals surface area (Å²) in [6.07, 6.45) is 67.1. The largest absolute Gasteiger partial charge is 0.462 e. The maximum atomic E-state index is 12.8. The van der Waals surface area contributed by atoms with Crippen LogP contribution in [0.5, 0.6) is 0 Å². The average molecular weight is 942 g/mol. The maximum absolute atomic E-state index is 12.8. The van der Waals surface area contributed by atoms with Crippen molar-refractivity contribution in [2.45, 2.75) is 322 Å². The number of esters is 3. The van der Waals surface area contributed by atoms with Crippen LogP contribution in [0.15, 0.2) is 36.5 Å². The first-order chi connectivity index (χ1) is 33.0. The summed E-state index contributed by atoms with van der Waals surface area (Å²) in [6.45, 7) is 6.60. The van der Waals surface area contributed by atoms with Gasteiger partial charge in [0.05, 0.1) is 0 Å². The van der Waals surface area contributed by atoms with E-state index >= 15 is 0 Å². The van der Waals surface area contributed by atoms with Crippen LogP contribution < -0.4 is 0 Å². The van der Waals surface area contributed by atoms with Crippen molar-refractivity contribution in [1.29, 1.82) is 0 Å². The van der Waals surface area contributed by atoms with Crippen LogP contribution >= 0.6 is 0 Å². The van der Waals surface area contributed by atoms with Gasteiger partial charge in [-0.05, 0) is 70.6 Å². The predicted molar refractivity (Wildman–Crippen MR) is 289 cm³/mol. The second kappa shape index (κ2) is 56.2. The minimum atomic E-state index is -0.779. The summed E-state index contributed by atoms with van der Waals surface area (Å²) < 4.78 is 16.9. The first-order valence-electron chi connectivity index (χ1n) is 29.5. The van der Waals surface area contributed by atoms with E-state index in [0.717, 1.165) is 89.9 Å². The van der Waals surface area contributed by atoms with Crippen molar-refractivity contribution in [3.05, 3.63) is 36.5 Å². The van der Waals surface area contributed by atoms with E-state index in [-0.39, 0.29) is 31.1 Å². The average Bonchev–Trinajstić information content (AvgIpc) is 3.33. The minimum Gasteiger partial charge on any atom is -0.462 e. The molecule has 0 aliphatic rings. The van der Waals surface area contributed by atoms with E-state index in [0.29, 0.717) is 19.3 Å². The lowest BCUT2D eigenvalue weighted by Crippen LogP contribution is -2.30. The third kappa shape index (κ3) is 54.4. The van der Waals surface area contributed by atoms with E-state index in [1.165, 1.54) is 186 Å². The zero-order valence-electron chi connectivity index (χ0n) is 44.9. The topological polar surface area (TPSA) is 78.9 Å². The molecule has 0 saturated heterocycles. The van der Waals surface area contributed by atoms with Crippen LogP contribution in [-0.4, -0.2) is 37.2 Å². The Bertz CT molecular complexity index is 1130. The highest BCUT2D eigenvalue weighted by Gasteiger charge is 2.19. The van der Waals surface area contributed by atoms with Gasteiger partial charge in [-0.15, -0.1) is 0 Å². The van der Waals surface area contributed by atoms with E-state index in [4.69, 9.17) is 14.2 Å². The highest BCUT2D eigenvalue weighted by molar-refractivity contribution is 5.71. The van der Waals surface area contributed by atoms with E-state index < -0.39 is 6.10 Å². The SMILES string of the molecule is CCC/C=C\C/C=C\CCCCCCCC(=O)OCC(COC(=O)CCCCCCCCCCCCCCCCCCCCCC)OC(=O)CCCCCCC/C=C\CCCCCCCCC. The monoisotopic (exact) mass is 941 g/mol. The second-order valence-electron chi connectivity index (χ2n) is 19.9. The third-order valence-corrected chi connectivity index (χ3v) is 13.1. The van der Waals surface area contributed by atoms with E-state index in [1.807, 2.05) is 0 Å². The molecule has 0 aromatic carbocycles. The zero-order valence-corrected chi connectivity index (χ0v) is 44.9. The molecule has 0 aromatic heterocycles. The second-order valence-corrected chi connectivity index (χ2v) is 19.9. The number of hydrogen-bond donors (Lipinski definition) is 0. The Morgan fingerprint density at radius 3 is 0.896 bits per heavy atom. The van der Waals surface area contributed by atoms with Crippen LogP contribution in [0, 0.1) is 0 Å². The summed E-state index contributed by atoms with van der Waals surface area (Å²) in [5, 5.41) is 0. The smallest absolute Gasteiger partial charge is 0.306 e. The van der Waals surface area contributed by atoms with Crippen LogP contribution in [0.2, 0.25) is 0 Å². The van der Waals surface area contributed by atoms with Crippen molar-refractivity contribution in [2.75, 3.05) is 13.2 Å². The quantitative estimate of drug-likeness (QED) is 0.0262. The van der Waals surface area contributed by atoms with Crippen LogP contribution in [-0.2, 0) is 28.6 Å². The molecule has 392 valence electrons. The van der Waals surface area contributed by atoms with Crippen LogP contribution in [0.3, 0.4) is 0 Å². The first-order valence-corrected chi connectivity index (χ1v) is 29.5. The van der Waals surface area contributed by atoms with Crippen molar-refractivity contribution in [3.8, 4) is 0 Å². The van der Waals surface area contributed by atoms with Crippen LogP contribution in [0.1, 0.15) is 316 Å². The fourth-order valence-electron chi connectivity index (χ4n) is 8.65. The molecule has 0 N–H and O–H groups in total. The molecule has 0 fully saturated rings. The normalized spacial score (nSPS) is 12.2. The molecule has 6 nitrogen and oxygen atoms in total. The van der Waals surface area contributed by atoms with Gasteiger partial charge in [-0.3, -0.25) is 14.4 Å². The van der Waals surface area contributed by atoms with Crippen LogP contribution in [0.25, 0.3) is 0 Å². The van der Waals surface area contributed by atoms with Crippen LogP contribution in [0.4, 0.5) is 0 Å². The number of rotatable bonds is 54. The predicted octanol–water partition coefficient (Wildman–Crippen LogP) is 19.7. The van der Waals surface area contributed by atoms with Gasteiger partial charge in [-0.1, -0.05) is 263 Å². The lowest BCUT2D eigenvalue weighted by Gasteiger charge is -2.18.